The van der Waals surface area contributed by atoms with Gasteiger partial charge < -0.3 is 29.8 Å². The van der Waals surface area contributed by atoms with E-state index in [-0.39, 0.29) is 27.9 Å². The molecular weight excluding hydrogens is 762 g/mol. The average molecular weight is 805 g/mol. The average Bonchev–Trinajstić information content (AvgIpc) is 3.40. The molecule has 3 atom stereocenters. The number of nitrogens with one attached hydrogen (secondary N) is 3. The number of amides is 2. The van der Waals surface area contributed by atoms with Gasteiger partial charge in [-0.25, -0.2) is 14.2 Å². The second-order valence-corrected chi connectivity index (χ2v) is 15.2. The molecule has 262 valence electrons. The van der Waals surface area contributed by atoms with Gasteiger partial charge in [-0.05, 0) is 106 Å². The van der Waals surface area contributed by atoms with Gasteiger partial charge in [0.15, 0.2) is 0 Å². The molecule has 0 unspecified atom stereocenters. The summed E-state index contributed by atoms with van der Waals surface area (Å²) < 4.78 is 32.8. The summed E-state index contributed by atoms with van der Waals surface area (Å²) in [5.41, 5.74) is 0.770. The van der Waals surface area contributed by atoms with Gasteiger partial charge in [-0.1, -0.05) is 61.0 Å². The molecule has 0 fully saturated rings. The van der Waals surface area contributed by atoms with Gasteiger partial charge in [0.1, 0.15) is 46.5 Å². The van der Waals surface area contributed by atoms with Crippen LogP contribution in [0, 0.1) is 9.39 Å². The third-order valence-electron chi connectivity index (χ3n) is 7.31. The van der Waals surface area contributed by atoms with Crippen LogP contribution in [0.2, 0.25) is 5.15 Å². The van der Waals surface area contributed by atoms with Gasteiger partial charge in [0, 0.05) is 15.1 Å². The molecule has 1 heterocycles. The fraction of sp³-hybridized carbons (Fsp3) is 0.378. The molecule has 0 aliphatic carbocycles. The van der Waals surface area contributed by atoms with E-state index in [1.54, 1.807) is 57.2 Å². The number of halogens is 3. The molecule has 2 amide bonds. The quantitative estimate of drug-likeness (QED) is 0.0974. The smallest absolute Gasteiger partial charge is 0.408 e. The van der Waals surface area contributed by atoms with Crippen molar-refractivity contribution in [2.75, 3.05) is 13.2 Å². The second-order valence-electron chi connectivity index (χ2n) is 13.6. The van der Waals surface area contributed by atoms with Crippen molar-refractivity contribution < 1.29 is 28.2 Å². The minimum absolute atomic E-state index is 0.126. The first-order chi connectivity index (χ1) is 23.0. The minimum Gasteiger partial charge on any atom is -0.491 e. The number of hydrogen-bond donors (Lipinski definition) is 3. The molecule has 3 aromatic carbocycles. The Bertz CT molecular complexity index is 1720. The summed E-state index contributed by atoms with van der Waals surface area (Å²) in [5, 5.41) is 5.93. The molecule has 4 aromatic rings. The summed E-state index contributed by atoms with van der Waals surface area (Å²) in [4.78, 5) is 35.0. The third kappa shape index (κ3) is 11.2. The van der Waals surface area contributed by atoms with Crippen LogP contribution in [0.4, 0.5) is 9.18 Å². The maximum atomic E-state index is 15.0. The zero-order valence-corrected chi connectivity index (χ0v) is 31.6. The molecule has 9 nitrogen and oxygen atoms in total. The predicted molar refractivity (Wildman–Crippen MR) is 197 cm³/mol. The Morgan fingerprint density at radius 1 is 0.918 bits per heavy atom. The molecule has 49 heavy (non-hydrogen) atoms. The summed E-state index contributed by atoms with van der Waals surface area (Å²) in [5.74, 6) is -0.427. The molecule has 0 saturated heterocycles. The SMILES string of the molecule is C[C@@H](c1ccccc1)[C@H](NC(=O)[C@H](NC(=O)OC(C)(C)C)c1ccc(OCCOC(C)(C)C)cc1)c1nc(-c2ccc(I)cc2F)c(Cl)[nH]1. The van der Waals surface area contributed by atoms with Crippen LogP contribution in [0.5, 0.6) is 5.75 Å². The first kappa shape index (κ1) is 38.1. The number of carbonyl (C=O) groups excluding carboxylic acids is 2. The van der Waals surface area contributed by atoms with Gasteiger partial charge in [-0.2, -0.15) is 0 Å². The van der Waals surface area contributed by atoms with Crippen LogP contribution in [0.3, 0.4) is 0 Å². The molecule has 0 aliphatic heterocycles. The second kappa shape index (κ2) is 16.4. The van der Waals surface area contributed by atoms with E-state index in [1.165, 1.54) is 6.07 Å². The van der Waals surface area contributed by atoms with E-state index in [9.17, 15) is 9.59 Å². The lowest BCUT2D eigenvalue weighted by atomic mass is 9.92. The Kier molecular flexibility index (Phi) is 12.7. The summed E-state index contributed by atoms with van der Waals surface area (Å²) in [6.45, 7) is 13.8. The minimum atomic E-state index is -1.16. The van der Waals surface area contributed by atoms with E-state index in [0.29, 0.717) is 30.4 Å². The zero-order chi connectivity index (χ0) is 35.9. The highest BCUT2D eigenvalue weighted by atomic mass is 127. The lowest BCUT2D eigenvalue weighted by Gasteiger charge is -2.28. The number of benzene rings is 3. The van der Waals surface area contributed by atoms with Crippen molar-refractivity contribution in [2.24, 2.45) is 0 Å². The van der Waals surface area contributed by atoms with Crippen molar-refractivity contribution in [1.82, 2.24) is 20.6 Å². The third-order valence-corrected chi connectivity index (χ3v) is 8.25. The molecule has 0 bridgehead atoms. The monoisotopic (exact) mass is 804 g/mol. The molecule has 0 saturated carbocycles. The van der Waals surface area contributed by atoms with Crippen molar-refractivity contribution in [3.63, 3.8) is 0 Å². The number of imidazole rings is 1. The summed E-state index contributed by atoms with van der Waals surface area (Å²) in [7, 11) is 0. The Morgan fingerprint density at radius 3 is 2.20 bits per heavy atom. The van der Waals surface area contributed by atoms with Crippen LogP contribution in [0.15, 0.2) is 72.8 Å². The largest absolute Gasteiger partial charge is 0.491 e. The van der Waals surface area contributed by atoms with Gasteiger partial charge in [-0.3, -0.25) is 4.79 Å². The lowest BCUT2D eigenvalue weighted by molar-refractivity contribution is -0.124. The first-order valence-corrected chi connectivity index (χ1v) is 17.4. The standard InChI is InChI=1S/C37H43ClFIN4O5/c1-22(23-11-9-8-10-12-23)29(33-41-31(32(38)44-33)27-18-15-25(40)21-28(27)39)42-34(45)30(43-35(46)49-37(5,6)7)24-13-16-26(17-14-24)47-19-20-48-36(2,3)4/h8-18,21-22,29-30H,19-20H2,1-7H3,(H,41,44)(H,42,45)(H,43,46)/t22-,29-,30+/m0/s1. The Balaban J connectivity index is 1.66. The van der Waals surface area contributed by atoms with Gasteiger partial charge in [0.25, 0.3) is 0 Å². The number of aromatic nitrogens is 2. The Hall–Kier alpha value is -3.68. The molecule has 4 rings (SSSR count). The Morgan fingerprint density at radius 2 is 1.59 bits per heavy atom. The molecule has 3 N–H and O–H groups in total. The molecule has 0 spiro atoms. The summed E-state index contributed by atoms with van der Waals surface area (Å²) >= 11 is 8.63. The van der Waals surface area contributed by atoms with E-state index in [2.05, 4.69) is 15.6 Å². The van der Waals surface area contributed by atoms with Gasteiger partial charge in [0.05, 0.1) is 18.2 Å². The van der Waals surface area contributed by atoms with Crippen molar-refractivity contribution >= 4 is 46.2 Å². The van der Waals surface area contributed by atoms with Crippen LogP contribution in [0.1, 0.15) is 83.4 Å². The first-order valence-electron chi connectivity index (χ1n) is 15.9. The van der Waals surface area contributed by atoms with Gasteiger partial charge >= 0.3 is 6.09 Å². The molecule has 0 aliphatic rings. The maximum absolute atomic E-state index is 15.0. The fourth-order valence-electron chi connectivity index (χ4n) is 4.98. The highest BCUT2D eigenvalue weighted by molar-refractivity contribution is 14.1. The van der Waals surface area contributed by atoms with Gasteiger partial charge in [-0.15, -0.1) is 0 Å². The molecular formula is C37H43ClFIN4O5. The van der Waals surface area contributed by atoms with Crippen LogP contribution in [-0.2, 0) is 14.3 Å². The molecule has 0 radical (unpaired) electrons. The number of hydrogen-bond acceptors (Lipinski definition) is 6. The molecule has 1 aromatic heterocycles. The lowest BCUT2D eigenvalue weighted by Crippen LogP contribution is -2.44. The van der Waals surface area contributed by atoms with Crippen LogP contribution < -0.4 is 15.4 Å². The topological polar surface area (TPSA) is 115 Å². The number of ether oxygens (including phenoxy) is 3. The van der Waals surface area contributed by atoms with Crippen LogP contribution in [0.25, 0.3) is 11.3 Å². The van der Waals surface area contributed by atoms with Crippen LogP contribution >= 0.6 is 34.2 Å². The fourth-order valence-corrected chi connectivity index (χ4v) is 5.68. The Labute approximate surface area is 305 Å². The van der Waals surface area contributed by atoms with Crippen molar-refractivity contribution in [2.45, 2.75) is 77.7 Å². The van der Waals surface area contributed by atoms with E-state index in [1.807, 2.05) is 80.6 Å². The summed E-state index contributed by atoms with van der Waals surface area (Å²) in [6, 6.07) is 19.3. The number of aromatic amines is 1. The predicted octanol–water partition coefficient (Wildman–Crippen LogP) is 8.89. The van der Waals surface area contributed by atoms with E-state index >= 15 is 4.39 Å². The number of alkyl carbamates (subject to hydrolysis) is 1. The van der Waals surface area contributed by atoms with E-state index < -0.39 is 35.5 Å². The van der Waals surface area contributed by atoms with E-state index in [4.69, 9.17) is 30.8 Å². The number of rotatable bonds is 12. The zero-order valence-electron chi connectivity index (χ0n) is 28.7. The van der Waals surface area contributed by atoms with E-state index in [0.717, 1.165) is 9.13 Å². The normalized spacial score (nSPS) is 13.7. The molecule has 12 heteroatoms. The van der Waals surface area contributed by atoms with Gasteiger partial charge in [0.2, 0.25) is 5.91 Å². The highest BCUT2D eigenvalue weighted by Gasteiger charge is 2.32. The number of nitrogens with zero attached hydrogens (tertiary/aromatic N) is 1. The maximum Gasteiger partial charge on any atom is 0.408 e. The van der Waals surface area contributed by atoms with Crippen LogP contribution in [-0.4, -0.2) is 46.4 Å². The van der Waals surface area contributed by atoms with Crippen molar-refractivity contribution in [3.8, 4) is 17.0 Å². The number of H-pyrrole nitrogens is 1. The van der Waals surface area contributed by atoms with Crippen molar-refractivity contribution in [1.29, 1.82) is 0 Å². The highest BCUT2D eigenvalue weighted by Crippen LogP contribution is 2.35. The number of carbonyl (C=O) groups is 2. The summed E-state index contributed by atoms with van der Waals surface area (Å²) in [6.07, 6.45) is -0.766. The van der Waals surface area contributed by atoms with Crippen molar-refractivity contribution in [3.05, 3.63) is 104 Å².